The Balaban J connectivity index is 3.26. The molecule has 0 bridgehead atoms. The van der Waals surface area contributed by atoms with Gasteiger partial charge in [0.15, 0.2) is 0 Å². The maximum atomic E-state index is 9.58. The molecular formula is C13H29NO2. The monoisotopic (exact) mass is 231 g/mol. The second-order valence-electron chi connectivity index (χ2n) is 4.54. The molecule has 0 aliphatic heterocycles. The molecule has 0 aromatic rings. The normalized spacial score (nSPS) is 15.0. The van der Waals surface area contributed by atoms with Gasteiger partial charge in [-0.1, -0.05) is 52.4 Å². The van der Waals surface area contributed by atoms with Gasteiger partial charge >= 0.3 is 0 Å². The first-order chi connectivity index (χ1) is 7.70. The first kappa shape index (κ1) is 15.9. The molecule has 98 valence electrons. The summed E-state index contributed by atoms with van der Waals surface area (Å²) in [6.45, 7) is 4.23. The van der Waals surface area contributed by atoms with E-state index < -0.39 is 12.5 Å². The molecular weight excluding hydrogens is 202 g/mol. The van der Waals surface area contributed by atoms with Crippen LogP contribution in [0.2, 0.25) is 0 Å². The zero-order valence-electron chi connectivity index (χ0n) is 10.9. The lowest BCUT2D eigenvalue weighted by molar-refractivity contribution is 0.0320. The van der Waals surface area contributed by atoms with Gasteiger partial charge in [0.05, 0.1) is 0 Å². The van der Waals surface area contributed by atoms with Gasteiger partial charge in [0.25, 0.3) is 0 Å². The van der Waals surface area contributed by atoms with Gasteiger partial charge in [-0.15, -0.1) is 0 Å². The molecule has 0 saturated heterocycles. The van der Waals surface area contributed by atoms with E-state index in [0.717, 1.165) is 19.3 Å². The summed E-state index contributed by atoms with van der Waals surface area (Å²) < 4.78 is 0. The minimum atomic E-state index is -0.555. The van der Waals surface area contributed by atoms with Crippen molar-refractivity contribution in [2.24, 2.45) is 0 Å². The summed E-state index contributed by atoms with van der Waals surface area (Å²) in [5, 5.41) is 21.8. The van der Waals surface area contributed by atoms with E-state index in [1.807, 2.05) is 6.92 Å². The number of nitrogens with one attached hydrogen (secondary N) is 1. The van der Waals surface area contributed by atoms with Crippen molar-refractivity contribution >= 4 is 0 Å². The molecule has 0 radical (unpaired) electrons. The molecule has 0 heterocycles. The van der Waals surface area contributed by atoms with E-state index in [1.165, 1.54) is 32.1 Å². The van der Waals surface area contributed by atoms with Crippen LogP contribution in [0.25, 0.3) is 0 Å². The lowest BCUT2D eigenvalue weighted by Gasteiger charge is -2.17. The van der Waals surface area contributed by atoms with Crippen molar-refractivity contribution in [3.8, 4) is 0 Å². The van der Waals surface area contributed by atoms with Gasteiger partial charge in [-0.2, -0.15) is 0 Å². The number of aliphatic hydroxyl groups is 2. The molecule has 0 spiro atoms. The summed E-state index contributed by atoms with van der Waals surface area (Å²) in [4.78, 5) is 0. The standard InChI is InChI=1S/C13H29NO2/c1-3-5-6-7-8-9-11-13(16)14-12(15)10-4-2/h12-16H,3-11H2,1-2H3. The third kappa shape index (κ3) is 10.4. The number of hydrogen-bond acceptors (Lipinski definition) is 3. The second-order valence-corrected chi connectivity index (χ2v) is 4.54. The molecule has 0 rings (SSSR count). The van der Waals surface area contributed by atoms with Crippen molar-refractivity contribution in [2.75, 3.05) is 0 Å². The molecule has 3 nitrogen and oxygen atoms in total. The molecule has 3 heteroatoms. The summed E-state index contributed by atoms with van der Waals surface area (Å²) in [6.07, 6.45) is 8.64. The molecule has 0 aromatic heterocycles. The lowest BCUT2D eigenvalue weighted by Crippen LogP contribution is -2.37. The third-order valence-electron chi connectivity index (χ3n) is 2.78. The molecule has 0 amide bonds. The van der Waals surface area contributed by atoms with E-state index in [-0.39, 0.29) is 0 Å². The second kappa shape index (κ2) is 11.4. The minimum absolute atomic E-state index is 0.548. The van der Waals surface area contributed by atoms with Gasteiger partial charge in [0.2, 0.25) is 0 Å². The van der Waals surface area contributed by atoms with E-state index in [4.69, 9.17) is 0 Å². The summed E-state index contributed by atoms with van der Waals surface area (Å²) >= 11 is 0. The molecule has 2 unspecified atom stereocenters. The Morgan fingerprint density at radius 2 is 1.31 bits per heavy atom. The molecule has 0 aliphatic rings. The van der Waals surface area contributed by atoms with Crippen molar-refractivity contribution in [1.29, 1.82) is 0 Å². The quantitative estimate of drug-likeness (QED) is 0.378. The highest BCUT2D eigenvalue weighted by Gasteiger charge is 2.08. The van der Waals surface area contributed by atoms with Crippen LogP contribution in [0.1, 0.15) is 71.6 Å². The molecule has 3 N–H and O–H groups in total. The van der Waals surface area contributed by atoms with Crippen LogP contribution < -0.4 is 5.32 Å². The third-order valence-corrected chi connectivity index (χ3v) is 2.78. The van der Waals surface area contributed by atoms with E-state index >= 15 is 0 Å². The first-order valence-electron chi connectivity index (χ1n) is 6.82. The molecule has 16 heavy (non-hydrogen) atoms. The highest BCUT2D eigenvalue weighted by atomic mass is 16.3. The number of rotatable bonds is 11. The van der Waals surface area contributed by atoms with Crippen LogP contribution in [-0.4, -0.2) is 22.7 Å². The first-order valence-corrected chi connectivity index (χ1v) is 6.82. The Kier molecular flexibility index (Phi) is 11.3. The van der Waals surface area contributed by atoms with Crippen molar-refractivity contribution in [1.82, 2.24) is 5.32 Å². The van der Waals surface area contributed by atoms with Gasteiger partial charge in [0.1, 0.15) is 12.5 Å². The molecule has 0 fully saturated rings. The molecule has 0 saturated carbocycles. The number of unbranched alkanes of at least 4 members (excludes halogenated alkanes) is 5. The average Bonchev–Trinajstić information content (AvgIpc) is 2.23. The van der Waals surface area contributed by atoms with Crippen LogP contribution in [0.3, 0.4) is 0 Å². The van der Waals surface area contributed by atoms with Crippen LogP contribution in [0.4, 0.5) is 0 Å². The SMILES string of the molecule is CCCCCCCCC(O)NC(O)CCC. The van der Waals surface area contributed by atoms with Gasteiger partial charge in [0, 0.05) is 0 Å². The average molecular weight is 231 g/mol. The van der Waals surface area contributed by atoms with Gasteiger partial charge < -0.3 is 10.2 Å². The van der Waals surface area contributed by atoms with Crippen LogP contribution in [0.15, 0.2) is 0 Å². The Morgan fingerprint density at radius 3 is 1.94 bits per heavy atom. The van der Waals surface area contributed by atoms with Crippen LogP contribution in [0.5, 0.6) is 0 Å². The Hall–Kier alpha value is -0.120. The fourth-order valence-corrected chi connectivity index (χ4v) is 1.78. The largest absolute Gasteiger partial charge is 0.379 e. The highest BCUT2D eigenvalue weighted by molar-refractivity contribution is 4.58. The van der Waals surface area contributed by atoms with E-state index in [1.54, 1.807) is 0 Å². The molecule has 2 atom stereocenters. The zero-order chi connectivity index (χ0) is 12.2. The van der Waals surface area contributed by atoms with Crippen molar-refractivity contribution < 1.29 is 10.2 Å². The van der Waals surface area contributed by atoms with Crippen LogP contribution in [-0.2, 0) is 0 Å². The maximum absolute atomic E-state index is 9.58. The van der Waals surface area contributed by atoms with Gasteiger partial charge in [-0.3, -0.25) is 5.32 Å². The van der Waals surface area contributed by atoms with Crippen LogP contribution in [0, 0.1) is 0 Å². The number of hydrogen-bond donors (Lipinski definition) is 3. The van der Waals surface area contributed by atoms with E-state index in [2.05, 4.69) is 12.2 Å². The summed E-state index contributed by atoms with van der Waals surface area (Å²) in [5.74, 6) is 0. The summed E-state index contributed by atoms with van der Waals surface area (Å²) in [6, 6.07) is 0. The Labute approximate surface area is 100 Å². The zero-order valence-corrected chi connectivity index (χ0v) is 10.9. The minimum Gasteiger partial charge on any atom is -0.379 e. The van der Waals surface area contributed by atoms with E-state index in [9.17, 15) is 10.2 Å². The molecule has 0 aliphatic carbocycles. The summed E-state index contributed by atoms with van der Waals surface area (Å²) in [7, 11) is 0. The Morgan fingerprint density at radius 1 is 0.750 bits per heavy atom. The van der Waals surface area contributed by atoms with Crippen LogP contribution >= 0.6 is 0 Å². The van der Waals surface area contributed by atoms with Gasteiger partial charge in [-0.25, -0.2) is 0 Å². The lowest BCUT2D eigenvalue weighted by atomic mass is 10.1. The topological polar surface area (TPSA) is 52.5 Å². The highest BCUT2D eigenvalue weighted by Crippen LogP contribution is 2.08. The summed E-state index contributed by atoms with van der Waals surface area (Å²) in [5.41, 5.74) is 0. The van der Waals surface area contributed by atoms with Crippen molar-refractivity contribution in [2.45, 2.75) is 84.1 Å². The smallest absolute Gasteiger partial charge is 0.106 e. The van der Waals surface area contributed by atoms with Crippen molar-refractivity contribution in [3.05, 3.63) is 0 Å². The predicted molar refractivity (Wildman–Crippen MR) is 68.1 cm³/mol. The number of aliphatic hydroxyl groups excluding tert-OH is 2. The molecule has 0 aromatic carbocycles. The fourth-order valence-electron chi connectivity index (χ4n) is 1.78. The fraction of sp³-hybridized carbons (Fsp3) is 1.00. The van der Waals surface area contributed by atoms with Crippen molar-refractivity contribution in [3.63, 3.8) is 0 Å². The predicted octanol–water partition coefficient (Wildman–Crippen LogP) is 2.76. The van der Waals surface area contributed by atoms with E-state index in [0.29, 0.717) is 6.42 Å². The Bertz CT molecular complexity index is 142. The van der Waals surface area contributed by atoms with Gasteiger partial charge in [-0.05, 0) is 19.3 Å². The maximum Gasteiger partial charge on any atom is 0.106 e.